The number of carboxylic acid groups (broad SMARTS) is 1. The summed E-state index contributed by atoms with van der Waals surface area (Å²) in [7, 11) is 0. The van der Waals surface area contributed by atoms with Crippen molar-refractivity contribution in [3.05, 3.63) is 77.6 Å². The highest BCUT2D eigenvalue weighted by atomic mass is 16.4. The number of carboxylic acids is 1. The molecule has 3 aromatic rings. The van der Waals surface area contributed by atoms with E-state index in [1.165, 1.54) is 10.9 Å². The van der Waals surface area contributed by atoms with E-state index in [0.29, 0.717) is 0 Å². The van der Waals surface area contributed by atoms with Crippen LogP contribution in [0.4, 0.5) is 0 Å². The van der Waals surface area contributed by atoms with E-state index in [4.69, 9.17) is 0 Å². The van der Waals surface area contributed by atoms with Crippen molar-refractivity contribution in [2.45, 2.75) is 19.4 Å². The van der Waals surface area contributed by atoms with Gasteiger partial charge in [0.15, 0.2) is 5.69 Å². The van der Waals surface area contributed by atoms with E-state index in [1.54, 1.807) is 0 Å². The molecule has 0 aliphatic rings. The van der Waals surface area contributed by atoms with Crippen molar-refractivity contribution in [2.75, 3.05) is 0 Å². The average Bonchev–Trinajstić information content (AvgIpc) is 3.12. The van der Waals surface area contributed by atoms with Gasteiger partial charge in [-0.3, -0.25) is 4.79 Å². The Morgan fingerprint density at radius 3 is 2.62 bits per heavy atom. The number of rotatable bonds is 6. The summed E-state index contributed by atoms with van der Waals surface area (Å²) in [5.74, 6) is -1.68. The summed E-state index contributed by atoms with van der Waals surface area (Å²) >= 11 is 0. The summed E-state index contributed by atoms with van der Waals surface area (Å²) in [6.45, 7) is 1.95. The fraction of sp³-hybridized carbons (Fsp3) is 0.158. The molecule has 7 heteroatoms. The van der Waals surface area contributed by atoms with E-state index in [2.05, 4.69) is 15.6 Å². The van der Waals surface area contributed by atoms with Crippen LogP contribution >= 0.6 is 0 Å². The van der Waals surface area contributed by atoms with Gasteiger partial charge in [-0.1, -0.05) is 47.7 Å². The molecule has 7 nitrogen and oxygen atoms in total. The second-order valence-electron chi connectivity index (χ2n) is 5.94. The molecule has 0 fully saturated rings. The van der Waals surface area contributed by atoms with Crippen LogP contribution in [0.3, 0.4) is 0 Å². The Morgan fingerprint density at radius 2 is 1.92 bits per heavy atom. The fourth-order valence-electron chi connectivity index (χ4n) is 2.55. The van der Waals surface area contributed by atoms with E-state index < -0.39 is 17.9 Å². The number of hydrogen-bond donors (Lipinski definition) is 2. The number of aromatic nitrogens is 3. The maximum Gasteiger partial charge on any atom is 0.326 e. The quantitative estimate of drug-likeness (QED) is 0.709. The lowest BCUT2D eigenvalue weighted by Crippen LogP contribution is -2.42. The van der Waals surface area contributed by atoms with Crippen LogP contribution in [-0.4, -0.2) is 38.0 Å². The lowest BCUT2D eigenvalue weighted by molar-refractivity contribution is -0.139. The monoisotopic (exact) mass is 350 g/mol. The first-order valence-corrected chi connectivity index (χ1v) is 8.10. The molecule has 0 aliphatic carbocycles. The number of hydrogen-bond acceptors (Lipinski definition) is 4. The van der Waals surface area contributed by atoms with Gasteiger partial charge in [0.1, 0.15) is 6.04 Å². The Kier molecular flexibility index (Phi) is 5.07. The summed E-state index contributed by atoms with van der Waals surface area (Å²) in [5.41, 5.74) is 2.71. The van der Waals surface area contributed by atoms with Crippen molar-refractivity contribution in [1.29, 1.82) is 0 Å². The Bertz CT molecular complexity index is 921. The van der Waals surface area contributed by atoms with Gasteiger partial charge in [0.2, 0.25) is 0 Å². The molecule has 0 spiro atoms. The van der Waals surface area contributed by atoms with Crippen molar-refractivity contribution < 1.29 is 14.7 Å². The number of nitrogens with zero attached hydrogens (tertiary/aromatic N) is 3. The van der Waals surface area contributed by atoms with Crippen LogP contribution in [0, 0.1) is 6.92 Å². The minimum Gasteiger partial charge on any atom is -0.480 e. The van der Waals surface area contributed by atoms with E-state index in [-0.39, 0.29) is 12.1 Å². The Labute approximate surface area is 150 Å². The molecule has 1 amide bonds. The van der Waals surface area contributed by atoms with Crippen LogP contribution in [0.1, 0.15) is 21.6 Å². The third-order valence-corrected chi connectivity index (χ3v) is 3.88. The van der Waals surface area contributed by atoms with E-state index in [1.807, 2.05) is 61.5 Å². The lowest BCUT2D eigenvalue weighted by atomic mass is 10.1. The first-order valence-electron chi connectivity index (χ1n) is 8.10. The molecule has 0 saturated heterocycles. The summed E-state index contributed by atoms with van der Waals surface area (Å²) < 4.78 is 1.48. The van der Waals surface area contributed by atoms with E-state index in [9.17, 15) is 14.7 Å². The standard InChI is InChI=1S/C19H18N4O3/c1-13-6-5-9-15(10-13)23-12-17(21-22-23)18(24)20-16(19(25)26)11-14-7-3-2-4-8-14/h2-10,12,16H,11H2,1H3,(H,20,24)(H,25,26)/t16-/m1/s1. The van der Waals surface area contributed by atoms with Crippen molar-refractivity contribution in [2.24, 2.45) is 0 Å². The van der Waals surface area contributed by atoms with Gasteiger partial charge in [0.25, 0.3) is 5.91 Å². The summed E-state index contributed by atoms with van der Waals surface area (Å²) in [4.78, 5) is 23.8. The van der Waals surface area contributed by atoms with Gasteiger partial charge in [-0.25, -0.2) is 9.48 Å². The molecule has 0 unspecified atom stereocenters. The van der Waals surface area contributed by atoms with Crippen LogP contribution in [0.2, 0.25) is 0 Å². The van der Waals surface area contributed by atoms with Crippen LogP contribution in [0.15, 0.2) is 60.8 Å². The number of carbonyl (C=O) groups is 2. The summed E-state index contributed by atoms with van der Waals surface area (Å²) in [6, 6.07) is 15.7. The lowest BCUT2D eigenvalue weighted by Gasteiger charge is -2.13. The van der Waals surface area contributed by atoms with Gasteiger partial charge in [0.05, 0.1) is 11.9 Å². The van der Waals surface area contributed by atoms with Crippen LogP contribution in [-0.2, 0) is 11.2 Å². The topological polar surface area (TPSA) is 97.1 Å². The van der Waals surface area contributed by atoms with Crippen molar-refractivity contribution in [3.8, 4) is 5.69 Å². The molecule has 2 N–H and O–H groups in total. The molecular formula is C19H18N4O3. The Hall–Kier alpha value is -3.48. The molecule has 2 aromatic carbocycles. The molecule has 0 aliphatic heterocycles. The van der Waals surface area contributed by atoms with Crippen LogP contribution < -0.4 is 5.32 Å². The number of aryl methyl sites for hydroxylation is 1. The van der Waals surface area contributed by atoms with Gasteiger partial charge in [0, 0.05) is 6.42 Å². The van der Waals surface area contributed by atoms with Crippen LogP contribution in [0.5, 0.6) is 0 Å². The van der Waals surface area contributed by atoms with E-state index >= 15 is 0 Å². The summed E-state index contributed by atoms with van der Waals surface area (Å²) in [5, 5.41) is 19.7. The highest BCUT2D eigenvalue weighted by Gasteiger charge is 2.22. The SMILES string of the molecule is Cc1cccc(-n2cc(C(=O)N[C@H](Cc3ccccc3)C(=O)O)nn2)c1. The third kappa shape index (κ3) is 4.13. The Balaban J connectivity index is 1.73. The first-order chi connectivity index (χ1) is 12.5. The zero-order valence-electron chi connectivity index (χ0n) is 14.2. The maximum absolute atomic E-state index is 12.4. The fourth-order valence-corrected chi connectivity index (χ4v) is 2.55. The van der Waals surface area contributed by atoms with Crippen molar-refractivity contribution in [1.82, 2.24) is 20.3 Å². The molecule has 3 rings (SSSR count). The van der Waals surface area contributed by atoms with Gasteiger partial charge in [-0.15, -0.1) is 5.10 Å². The van der Waals surface area contributed by atoms with Gasteiger partial charge >= 0.3 is 5.97 Å². The largest absolute Gasteiger partial charge is 0.480 e. The molecule has 132 valence electrons. The highest BCUT2D eigenvalue weighted by Crippen LogP contribution is 2.10. The van der Waals surface area contributed by atoms with Gasteiger partial charge < -0.3 is 10.4 Å². The molecule has 1 atom stereocenters. The smallest absolute Gasteiger partial charge is 0.326 e. The second-order valence-corrected chi connectivity index (χ2v) is 5.94. The maximum atomic E-state index is 12.4. The molecule has 0 saturated carbocycles. The minimum absolute atomic E-state index is 0.0609. The molecule has 1 heterocycles. The van der Waals surface area contributed by atoms with Gasteiger partial charge in [-0.05, 0) is 30.2 Å². The number of nitrogens with one attached hydrogen (secondary N) is 1. The number of aliphatic carboxylic acids is 1. The first kappa shape index (κ1) is 17.3. The van der Waals surface area contributed by atoms with Crippen LogP contribution in [0.25, 0.3) is 5.69 Å². The Morgan fingerprint density at radius 1 is 1.15 bits per heavy atom. The number of benzene rings is 2. The van der Waals surface area contributed by atoms with E-state index in [0.717, 1.165) is 16.8 Å². The molecule has 1 aromatic heterocycles. The van der Waals surface area contributed by atoms with Crippen molar-refractivity contribution in [3.63, 3.8) is 0 Å². The van der Waals surface area contributed by atoms with Gasteiger partial charge in [-0.2, -0.15) is 0 Å². The molecule has 0 bridgehead atoms. The molecule has 0 radical (unpaired) electrons. The zero-order valence-corrected chi connectivity index (χ0v) is 14.2. The predicted molar refractivity (Wildman–Crippen MR) is 95.1 cm³/mol. The zero-order chi connectivity index (χ0) is 18.5. The highest BCUT2D eigenvalue weighted by molar-refractivity contribution is 5.94. The molecular weight excluding hydrogens is 332 g/mol. The minimum atomic E-state index is -1.10. The average molecular weight is 350 g/mol. The molecule has 26 heavy (non-hydrogen) atoms. The second kappa shape index (κ2) is 7.60. The number of amides is 1. The number of carbonyl (C=O) groups excluding carboxylic acids is 1. The van der Waals surface area contributed by atoms with Crippen molar-refractivity contribution >= 4 is 11.9 Å². The third-order valence-electron chi connectivity index (χ3n) is 3.88. The normalized spacial score (nSPS) is 11.7. The summed E-state index contributed by atoms with van der Waals surface area (Å²) in [6.07, 6.45) is 1.67. The predicted octanol–water partition coefficient (Wildman–Crippen LogP) is 2.00.